The van der Waals surface area contributed by atoms with Gasteiger partial charge in [0.05, 0.1) is 18.8 Å². The van der Waals surface area contributed by atoms with Crippen molar-refractivity contribution >= 4 is 5.91 Å². The molecule has 0 aromatic heterocycles. The number of unbranched alkanes of at least 4 members (excludes halogenated alkanes) is 6. The highest BCUT2D eigenvalue weighted by atomic mass is 16.3. The van der Waals surface area contributed by atoms with E-state index in [9.17, 15) is 15.0 Å². The summed E-state index contributed by atoms with van der Waals surface area (Å²) >= 11 is 0. The second kappa shape index (κ2) is 26.7. The van der Waals surface area contributed by atoms with E-state index in [-0.39, 0.29) is 12.5 Å². The number of hydrogen-bond acceptors (Lipinski definition) is 3. The lowest BCUT2D eigenvalue weighted by Crippen LogP contribution is -2.45. The van der Waals surface area contributed by atoms with Gasteiger partial charge < -0.3 is 15.5 Å². The van der Waals surface area contributed by atoms with Crippen molar-refractivity contribution in [1.29, 1.82) is 0 Å². The van der Waals surface area contributed by atoms with Gasteiger partial charge in [0, 0.05) is 6.42 Å². The lowest BCUT2D eigenvalue weighted by atomic mass is 10.0. The molecule has 0 heterocycles. The van der Waals surface area contributed by atoms with E-state index in [2.05, 4.69) is 79.9 Å². The molecule has 0 radical (unpaired) electrons. The van der Waals surface area contributed by atoms with Gasteiger partial charge in [0.25, 0.3) is 0 Å². The molecule has 35 heavy (non-hydrogen) atoms. The lowest BCUT2D eigenvalue weighted by Gasteiger charge is -2.22. The fourth-order valence-electron chi connectivity index (χ4n) is 3.62. The van der Waals surface area contributed by atoms with Gasteiger partial charge in [-0.05, 0) is 57.8 Å². The lowest BCUT2D eigenvalue weighted by molar-refractivity contribution is -0.123. The first-order chi connectivity index (χ1) is 17.2. The highest BCUT2D eigenvalue weighted by molar-refractivity contribution is 5.76. The Hall–Kier alpha value is -1.91. The van der Waals surface area contributed by atoms with Crippen LogP contribution in [0, 0.1) is 0 Å². The Bertz CT molecular complexity index is 619. The molecule has 0 aliphatic rings. The minimum atomic E-state index is -0.670. The molecule has 3 N–H and O–H groups in total. The second-order valence-corrected chi connectivity index (χ2v) is 9.08. The van der Waals surface area contributed by atoms with Gasteiger partial charge in [0.2, 0.25) is 5.91 Å². The highest BCUT2D eigenvalue weighted by Crippen LogP contribution is 2.09. The number of carbonyl (C=O) groups is 1. The summed E-state index contributed by atoms with van der Waals surface area (Å²) in [6.45, 7) is 4.08. The number of aliphatic hydroxyl groups is 2. The zero-order valence-electron chi connectivity index (χ0n) is 22.5. The van der Waals surface area contributed by atoms with Gasteiger partial charge in [-0.2, -0.15) is 0 Å². The smallest absolute Gasteiger partial charge is 0.220 e. The molecule has 0 saturated heterocycles. The molecule has 0 fully saturated rings. The highest BCUT2D eigenvalue weighted by Gasteiger charge is 2.19. The average molecular weight is 488 g/mol. The number of amides is 1. The third kappa shape index (κ3) is 23.6. The first kappa shape index (κ1) is 33.1. The third-order valence-electron chi connectivity index (χ3n) is 5.79. The molecule has 2 atom stereocenters. The van der Waals surface area contributed by atoms with E-state index in [1.165, 1.54) is 0 Å². The maximum Gasteiger partial charge on any atom is 0.220 e. The molecule has 0 aromatic carbocycles. The van der Waals surface area contributed by atoms with Crippen LogP contribution in [0.25, 0.3) is 0 Å². The number of aliphatic hydroxyl groups excluding tert-OH is 2. The quantitative estimate of drug-likeness (QED) is 0.103. The Labute approximate surface area is 216 Å². The fraction of sp³-hybridized carbons (Fsp3) is 0.645. The molecule has 1 amide bonds. The minimum Gasteiger partial charge on any atom is -0.394 e. The number of carbonyl (C=O) groups excluding carboxylic acids is 1. The number of rotatable bonds is 23. The normalized spacial score (nSPS) is 14.3. The van der Waals surface area contributed by atoms with Gasteiger partial charge in [-0.1, -0.05) is 107 Å². The summed E-state index contributed by atoms with van der Waals surface area (Å²) in [7, 11) is 0. The maximum absolute atomic E-state index is 12.1. The Morgan fingerprint density at radius 1 is 0.714 bits per heavy atom. The van der Waals surface area contributed by atoms with Crippen molar-refractivity contribution in [3.05, 3.63) is 60.8 Å². The van der Waals surface area contributed by atoms with E-state index in [1.807, 2.05) is 0 Å². The van der Waals surface area contributed by atoms with Gasteiger partial charge in [-0.3, -0.25) is 4.79 Å². The van der Waals surface area contributed by atoms with Crippen molar-refractivity contribution in [1.82, 2.24) is 5.32 Å². The van der Waals surface area contributed by atoms with Crippen LogP contribution in [-0.4, -0.2) is 34.9 Å². The molecule has 0 spiro atoms. The number of hydrogen-bond donors (Lipinski definition) is 3. The average Bonchev–Trinajstić information content (AvgIpc) is 2.86. The molecular weight excluding hydrogens is 434 g/mol. The predicted molar refractivity (Wildman–Crippen MR) is 151 cm³/mol. The minimum absolute atomic E-state index is 0.0773. The van der Waals surface area contributed by atoms with Gasteiger partial charge in [-0.25, -0.2) is 0 Å². The number of allylic oxidation sites excluding steroid dienone is 10. The molecule has 0 saturated carbocycles. The summed E-state index contributed by atoms with van der Waals surface area (Å²) in [5, 5.41) is 22.5. The van der Waals surface area contributed by atoms with E-state index >= 15 is 0 Å². The van der Waals surface area contributed by atoms with E-state index in [1.54, 1.807) is 0 Å². The van der Waals surface area contributed by atoms with Crippen molar-refractivity contribution in [2.75, 3.05) is 6.61 Å². The van der Waals surface area contributed by atoms with Gasteiger partial charge in [-0.15, -0.1) is 0 Å². The zero-order valence-corrected chi connectivity index (χ0v) is 22.5. The molecule has 0 bridgehead atoms. The first-order valence-corrected chi connectivity index (χ1v) is 14.0. The number of nitrogens with one attached hydrogen (secondary N) is 1. The van der Waals surface area contributed by atoms with Gasteiger partial charge in [0.1, 0.15) is 0 Å². The molecule has 0 aromatic rings. The van der Waals surface area contributed by atoms with Crippen LogP contribution < -0.4 is 5.32 Å². The molecule has 0 aliphatic carbocycles. The van der Waals surface area contributed by atoms with Gasteiger partial charge in [0.15, 0.2) is 0 Å². The molecule has 0 aliphatic heterocycles. The SMILES string of the molecule is CC/C=C\C/C=C\C/C=C\C/C=C\C/C=C\CCCCCC(=O)NC(CO)C(O)CCCCCC. The van der Waals surface area contributed by atoms with Crippen molar-refractivity contribution in [2.45, 2.75) is 122 Å². The molecule has 200 valence electrons. The predicted octanol–water partition coefficient (Wildman–Crippen LogP) is 7.50. The maximum atomic E-state index is 12.1. The van der Waals surface area contributed by atoms with E-state index in [4.69, 9.17) is 0 Å². The van der Waals surface area contributed by atoms with Crippen LogP contribution in [0.5, 0.6) is 0 Å². The van der Waals surface area contributed by atoms with Crippen molar-refractivity contribution < 1.29 is 15.0 Å². The molecular formula is C31H53NO3. The Morgan fingerprint density at radius 2 is 1.26 bits per heavy atom. The van der Waals surface area contributed by atoms with Crippen LogP contribution in [0.15, 0.2) is 60.8 Å². The zero-order chi connectivity index (χ0) is 25.8. The molecule has 4 nitrogen and oxygen atoms in total. The van der Waals surface area contributed by atoms with Crippen LogP contribution in [-0.2, 0) is 4.79 Å². The Kier molecular flexibility index (Phi) is 25.2. The summed E-state index contributed by atoms with van der Waals surface area (Å²) in [4.78, 5) is 12.1. The summed E-state index contributed by atoms with van der Waals surface area (Å²) in [6, 6.07) is -0.551. The molecule has 2 unspecified atom stereocenters. The van der Waals surface area contributed by atoms with Crippen molar-refractivity contribution in [3.8, 4) is 0 Å². The summed E-state index contributed by atoms with van der Waals surface area (Å²) < 4.78 is 0. The topological polar surface area (TPSA) is 69.6 Å². The standard InChI is InChI=1S/C31H53NO3/c1-3-5-7-9-10-11-12-13-14-15-16-17-18-19-20-21-22-23-25-27-31(35)32-29(28-33)30(34)26-24-8-6-4-2/h5,7,10-11,13-14,16-17,19-20,29-30,33-34H,3-4,6,8-9,12,15,18,21-28H2,1-2H3,(H,32,35)/b7-5-,11-10-,14-13-,17-16-,20-19-. The van der Waals surface area contributed by atoms with E-state index in [0.717, 1.165) is 83.5 Å². The monoisotopic (exact) mass is 487 g/mol. The Morgan fingerprint density at radius 3 is 1.80 bits per heavy atom. The van der Waals surface area contributed by atoms with Crippen molar-refractivity contribution in [2.24, 2.45) is 0 Å². The summed E-state index contributed by atoms with van der Waals surface area (Å²) in [6.07, 6.45) is 35.8. The van der Waals surface area contributed by atoms with Crippen LogP contribution in [0.4, 0.5) is 0 Å². The largest absolute Gasteiger partial charge is 0.394 e. The summed E-state index contributed by atoms with van der Waals surface area (Å²) in [5.41, 5.74) is 0. The third-order valence-corrected chi connectivity index (χ3v) is 5.79. The van der Waals surface area contributed by atoms with Crippen molar-refractivity contribution in [3.63, 3.8) is 0 Å². The van der Waals surface area contributed by atoms with Crippen LogP contribution in [0.3, 0.4) is 0 Å². The van der Waals surface area contributed by atoms with E-state index in [0.29, 0.717) is 12.8 Å². The first-order valence-electron chi connectivity index (χ1n) is 14.0. The molecule has 4 heteroatoms. The van der Waals surface area contributed by atoms with Crippen LogP contribution in [0.1, 0.15) is 110 Å². The summed E-state index contributed by atoms with van der Waals surface area (Å²) in [5.74, 6) is -0.0773. The second-order valence-electron chi connectivity index (χ2n) is 9.08. The fourth-order valence-corrected chi connectivity index (χ4v) is 3.62. The van der Waals surface area contributed by atoms with E-state index < -0.39 is 12.1 Å². The van der Waals surface area contributed by atoms with Crippen LogP contribution >= 0.6 is 0 Å². The molecule has 0 rings (SSSR count). The van der Waals surface area contributed by atoms with Gasteiger partial charge >= 0.3 is 0 Å². The van der Waals surface area contributed by atoms with Crippen LogP contribution in [0.2, 0.25) is 0 Å². The Balaban J connectivity index is 3.71.